The van der Waals surface area contributed by atoms with Crippen molar-refractivity contribution in [2.75, 3.05) is 12.1 Å². The average Bonchev–Trinajstić information content (AvgIpc) is 3.26. The number of carbonyl (C=O) groups excluding carboxylic acids is 1. The van der Waals surface area contributed by atoms with E-state index in [0.717, 1.165) is 41.2 Å². The minimum atomic E-state index is -0.503. The Morgan fingerprint density at radius 1 is 1.11 bits per heavy atom. The first-order valence-electron chi connectivity index (χ1n) is 9.44. The van der Waals surface area contributed by atoms with E-state index in [-0.39, 0.29) is 12.7 Å². The van der Waals surface area contributed by atoms with Crippen LogP contribution in [0.2, 0.25) is 0 Å². The molecule has 0 unspecified atom stereocenters. The quantitative estimate of drug-likeness (QED) is 0.739. The average molecular weight is 375 g/mol. The van der Waals surface area contributed by atoms with Crippen molar-refractivity contribution >= 4 is 11.7 Å². The predicted octanol–water partition coefficient (Wildman–Crippen LogP) is 3.64. The van der Waals surface area contributed by atoms with Crippen molar-refractivity contribution in [1.29, 1.82) is 0 Å². The Bertz CT molecular complexity index is 1040. The predicted molar refractivity (Wildman–Crippen MR) is 105 cm³/mol. The van der Waals surface area contributed by atoms with E-state index < -0.39 is 5.41 Å². The molecule has 1 amide bonds. The Kier molecular flexibility index (Phi) is 3.86. The van der Waals surface area contributed by atoms with Gasteiger partial charge in [-0.2, -0.15) is 5.10 Å². The number of hydrogen-bond donors (Lipinski definition) is 1. The number of anilines is 1. The highest BCUT2D eigenvalue weighted by atomic mass is 16.7. The van der Waals surface area contributed by atoms with Crippen molar-refractivity contribution in [3.63, 3.8) is 0 Å². The number of ether oxygens (including phenoxy) is 2. The van der Waals surface area contributed by atoms with Gasteiger partial charge in [0, 0.05) is 6.07 Å². The van der Waals surface area contributed by atoms with Gasteiger partial charge in [0.25, 0.3) is 0 Å². The summed E-state index contributed by atoms with van der Waals surface area (Å²) in [5.41, 5.74) is 2.48. The van der Waals surface area contributed by atoms with Crippen LogP contribution in [0.5, 0.6) is 11.5 Å². The van der Waals surface area contributed by atoms with Crippen molar-refractivity contribution in [3.05, 3.63) is 71.4 Å². The zero-order valence-electron chi connectivity index (χ0n) is 15.6. The Hall–Kier alpha value is -3.28. The number of benzene rings is 2. The second-order valence-electron chi connectivity index (χ2n) is 7.42. The molecule has 6 nitrogen and oxygen atoms in total. The third-order valence-electron chi connectivity index (χ3n) is 5.43. The molecule has 0 radical (unpaired) electrons. The largest absolute Gasteiger partial charge is 0.454 e. The van der Waals surface area contributed by atoms with Crippen molar-refractivity contribution in [1.82, 2.24) is 9.78 Å². The topological polar surface area (TPSA) is 65.4 Å². The molecule has 0 atom stereocenters. The van der Waals surface area contributed by atoms with E-state index in [1.165, 1.54) is 0 Å². The van der Waals surface area contributed by atoms with E-state index in [1.54, 1.807) is 0 Å². The van der Waals surface area contributed by atoms with Gasteiger partial charge in [-0.1, -0.05) is 36.4 Å². The summed E-state index contributed by atoms with van der Waals surface area (Å²) in [7, 11) is 0. The fourth-order valence-corrected chi connectivity index (χ4v) is 3.73. The molecule has 1 aliphatic heterocycles. The summed E-state index contributed by atoms with van der Waals surface area (Å²) < 4.78 is 12.7. The zero-order valence-corrected chi connectivity index (χ0v) is 15.6. The fourth-order valence-electron chi connectivity index (χ4n) is 3.73. The first kappa shape index (κ1) is 16.9. The van der Waals surface area contributed by atoms with Gasteiger partial charge in [-0.05, 0) is 43.0 Å². The molecule has 0 spiro atoms. The third-order valence-corrected chi connectivity index (χ3v) is 5.43. The second-order valence-corrected chi connectivity index (χ2v) is 7.42. The normalized spacial score (nSPS) is 16.0. The van der Waals surface area contributed by atoms with Gasteiger partial charge < -0.3 is 14.8 Å². The number of hydrogen-bond acceptors (Lipinski definition) is 4. The molecule has 1 aromatic heterocycles. The maximum Gasteiger partial charge on any atom is 0.236 e. The van der Waals surface area contributed by atoms with E-state index in [1.807, 2.05) is 54.1 Å². The Morgan fingerprint density at radius 3 is 2.68 bits per heavy atom. The highest BCUT2D eigenvalue weighted by Gasteiger charge is 2.52. The summed E-state index contributed by atoms with van der Waals surface area (Å²) in [4.78, 5) is 13.2. The van der Waals surface area contributed by atoms with Gasteiger partial charge in [-0.25, -0.2) is 4.68 Å². The molecule has 0 saturated heterocycles. The van der Waals surface area contributed by atoms with Crippen LogP contribution < -0.4 is 14.8 Å². The highest BCUT2D eigenvalue weighted by Crippen LogP contribution is 2.51. The lowest BCUT2D eigenvalue weighted by molar-refractivity contribution is -0.118. The lowest BCUT2D eigenvalue weighted by Crippen LogP contribution is -2.29. The van der Waals surface area contributed by atoms with Gasteiger partial charge in [0.05, 0.1) is 17.7 Å². The number of aryl methyl sites for hydroxylation is 1. The standard InChI is InChI=1S/C22H21N3O3/c1-15-11-20(25(24-15)13-16-5-3-2-4-6-16)23-21(26)22(9-10-22)17-7-8-18-19(12-17)28-14-27-18/h2-8,11-12H,9-10,13-14H2,1H3,(H,23,26). The molecular weight excluding hydrogens is 354 g/mol. The molecule has 6 heteroatoms. The summed E-state index contributed by atoms with van der Waals surface area (Å²) in [6.45, 7) is 2.78. The molecule has 1 fully saturated rings. The van der Waals surface area contributed by atoms with Gasteiger partial charge in [-0.3, -0.25) is 4.79 Å². The molecule has 5 rings (SSSR count). The third kappa shape index (κ3) is 2.91. The molecule has 2 heterocycles. The van der Waals surface area contributed by atoms with Crippen molar-refractivity contribution in [2.24, 2.45) is 0 Å². The number of aromatic nitrogens is 2. The summed E-state index contributed by atoms with van der Waals surface area (Å²) in [5, 5.41) is 7.66. The van der Waals surface area contributed by atoms with Gasteiger partial charge in [0.15, 0.2) is 11.5 Å². The lowest BCUT2D eigenvalue weighted by atomic mass is 9.94. The minimum Gasteiger partial charge on any atom is -0.454 e. The Labute approximate surface area is 163 Å². The number of nitrogens with zero attached hydrogens (tertiary/aromatic N) is 2. The Morgan fingerprint density at radius 2 is 1.89 bits per heavy atom. The van der Waals surface area contributed by atoms with Crippen LogP contribution in [0, 0.1) is 6.92 Å². The van der Waals surface area contributed by atoms with Crippen LogP contribution in [0.25, 0.3) is 0 Å². The molecule has 0 bridgehead atoms. The fraction of sp³-hybridized carbons (Fsp3) is 0.273. The summed E-state index contributed by atoms with van der Waals surface area (Å²) in [6.07, 6.45) is 1.65. The molecule has 2 aliphatic rings. The van der Waals surface area contributed by atoms with Crippen molar-refractivity contribution in [2.45, 2.75) is 31.7 Å². The summed E-state index contributed by atoms with van der Waals surface area (Å²) >= 11 is 0. The zero-order chi connectivity index (χ0) is 19.1. The number of fused-ring (bicyclic) bond motifs is 1. The highest BCUT2D eigenvalue weighted by molar-refractivity contribution is 6.01. The molecule has 142 valence electrons. The molecule has 1 N–H and O–H groups in total. The van der Waals surface area contributed by atoms with Crippen LogP contribution in [0.3, 0.4) is 0 Å². The number of amides is 1. The smallest absolute Gasteiger partial charge is 0.236 e. The number of rotatable bonds is 5. The van der Waals surface area contributed by atoms with Crippen LogP contribution in [0.1, 0.15) is 29.7 Å². The molecule has 28 heavy (non-hydrogen) atoms. The van der Waals surface area contributed by atoms with E-state index >= 15 is 0 Å². The van der Waals surface area contributed by atoms with Crippen molar-refractivity contribution in [3.8, 4) is 11.5 Å². The first-order valence-corrected chi connectivity index (χ1v) is 9.44. The molecule has 3 aromatic rings. The minimum absolute atomic E-state index is 0.000534. The monoisotopic (exact) mass is 375 g/mol. The number of carbonyl (C=O) groups is 1. The van der Waals surface area contributed by atoms with E-state index in [4.69, 9.17) is 9.47 Å². The van der Waals surface area contributed by atoms with E-state index in [9.17, 15) is 4.79 Å². The SMILES string of the molecule is Cc1cc(NC(=O)C2(c3ccc4c(c3)OCO4)CC2)n(Cc2ccccc2)n1. The first-order chi connectivity index (χ1) is 13.6. The maximum absolute atomic E-state index is 13.2. The van der Waals surface area contributed by atoms with Crippen LogP contribution >= 0.6 is 0 Å². The van der Waals surface area contributed by atoms with Crippen LogP contribution in [-0.2, 0) is 16.8 Å². The van der Waals surface area contributed by atoms with Crippen molar-refractivity contribution < 1.29 is 14.3 Å². The lowest BCUT2D eigenvalue weighted by Gasteiger charge is -2.17. The second kappa shape index (κ2) is 6.41. The van der Waals surface area contributed by atoms with Crippen LogP contribution in [-0.4, -0.2) is 22.5 Å². The Balaban J connectivity index is 1.39. The van der Waals surface area contributed by atoms with E-state index in [0.29, 0.717) is 12.3 Å². The van der Waals surface area contributed by atoms with Crippen LogP contribution in [0.15, 0.2) is 54.6 Å². The molecular formula is C22H21N3O3. The molecule has 1 aliphatic carbocycles. The van der Waals surface area contributed by atoms with Gasteiger partial charge in [0.2, 0.25) is 12.7 Å². The molecule has 2 aromatic carbocycles. The molecule has 1 saturated carbocycles. The van der Waals surface area contributed by atoms with Gasteiger partial charge >= 0.3 is 0 Å². The number of nitrogens with one attached hydrogen (secondary N) is 1. The maximum atomic E-state index is 13.2. The van der Waals surface area contributed by atoms with Crippen LogP contribution in [0.4, 0.5) is 5.82 Å². The summed E-state index contributed by atoms with van der Waals surface area (Å²) in [6, 6.07) is 17.8. The van der Waals surface area contributed by atoms with Gasteiger partial charge in [-0.15, -0.1) is 0 Å². The van der Waals surface area contributed by atoms with Gasteiger partial charge in [0.1, 0.15) is 5.82 Å². The summed E-state index contributed by atoms with van der Waals surface area (Å²) in [5.74, 6) is 2.16. The van der Waals surface area contributed by atoms with E-state index in [2.05, 4.69) is 22.5 Å².